The Kier molecular flexibility index (Phi) is 4.20. The van der Waals surface area contributed by atoms with E-state index in [0.29, 0.717) is 24.3 Å². The lowest BCUT2D eigenvalue weighted by atomic mass is 9.79. The second-order valence-electron chi connectivity index (χ2n) is 4.84. The summed E-state index contributed by atoms with van der Waals surface area (Å²) >= 11 is 0. The first-order valence-electron chi connectivity index (χ1n) is 6.36. The molecule has 4 N–H and O–H groups in total. The lowest BCUT2D eigenvalue weighted by molar-refractivity contribution is 0.141. The first kappa shape index (κ1) is 12.2. The molecular weight excluding hydrogens is 214 g/mol. The van der Waals surface area contributed by atoms with Gasteiger partial charge < -0.3 is 16.2 Å². The van der Waals surface area contributed by atoms with Crippen molar-refractivity contribution in [3.05, 3.63) is 18.3 Å². The Labute approximate surface area is 102 Å². The maximum atomic E-state index is 9.34. The zero-order valence-electron chi connectivity index (χ0n) is 10.1. The van der Waals surface area contributed by atoms with Gasteiger partial charge in [-0.1, -0.05) is 12.8 Å². The third-order valence-corrected chi connectivity index (χ3v) is 3.65. The molecule has 0 aromatic carbocycles. The number of rotatable bonds is 4. The molecule has 1 saturated carbocycles. The number of nitrogens with one attached hydrogen (secondary N) is 1. The molecule has 1 aromatic rings. The molecule has 1 aromatic heterocycles. The van der Waals surface area contributed by atoms with Gasteiger partial charge in [0.1, 0.15) is 5.82 Å². The molecule has 0 bridgehead atoms. The molecule has 94 valence electrons. The number of anilines is 2. The largest absolute Gasteiger partial charge is 0.396 e. The fourth-order valence-corrected chi connectivity index (χ4v) is 2.60. The van der Waals surface area contributed by atoms with E-state index >= 15 is 0 Å². The minimum atomic E-state index is 0.310. The number of hydrogen-bond donors (Lipinski definition) is 3. The minimum absolute atomic E-state index is 0.310. The average Bonchev–Trinajstić information content (AvgIpc) is 2.37. The van der Waals surface area contributed by atoms with E-state index in [9.17, 15) is 5.11 Å². The van der Waals surface area contributed by atoms with Gasteiger partial charge in [0.05, 0.1) is 0 Å². The summed E-state index contributed by atoms with van der Waals surface area (Å²) in [4.78, 5) is 3.96. The van der Waals surface area contributed by atoms with Gasteiger partial charge in [0.15, 0.2) is 0 Å². The molecule has 1 heterocycles. The van der Waals surface area contributed by atoms with E-state index in [1.165, 1.54) is 19.3 Å². The highest BCUT2D eigenvalue weighted by atomic mass is 16.3. The third-order valence-electron chi connectivity index (χ3n) is 3.65. The predicted molar refractivity (Wildman–Crippen MR) is 69.7 cm³/mol. The van der Waals surface area contributed by atoms with Gasteiger partial charge in [-0.25, -0.2) is 4.98 Å². The summed E-state index contributed by atoms with van der Waals surface area (Å²) in [5.41, 5.74) is 6.64. The van der Waals surface area contributed by atoms with Crippen LogP contribution in [0.5, 0.6) is 0 Å². The van der Waals surface area contributed by atoms with Gasteiger partial charge in [0.2, 0.25) is 0 Å². The lowest BCUT2D eigenvalue weighted by Gasteiger charge is -2.30. The van der Waals surface area contributed by atoms with Gasteiger partial charge in [-0.3, -0.25) is 0 Å². The average molecular weight is 235 g/mol. The molecule has 2 atom stereocenters. The standard InChI is InChI=1S/C13H21N3O/c14-13-7-12(5-6-15-13)16-8-10-3-1-2-4-11(10)9-17/h5-7,10-11,17H,1-4,8-9H2,(H3,14,15,16). The van der Waals surface area contributed by atoms with Crippen LogP contribution in [-0.4, -0.2) is 23.2 Å². The summed E-state index contributed by atoms with van der Waals surface area (Å²) in [5, 5.41) is 12.7. The van der Waals surface area contributed by atoms with Gasteiger partial charge in [-0.05, 0) is 30.7 Å². The maximum Gasteiger partial charge on any atom is 0.125 e. The molecule has 2 rings (SSSR count). The molecule has 4 heteroatoms. The Hall–Kier alpha value is -1.29. The first-order valence-corrected chi connectivity index (χ1v) is 6.36. The van der Waals surface area contributed by atoms with Gasteiger partial charge in [-0.2, -0.15) is 0 Å². The molecule has 1 aliphatic rings. The molecule has 17 heavy (non-hydrogen) atoms. The van der Waals surface area contributed by atoms with Crippen LogP contribution in [0.1, 0.15) is 25.7 Å². The van der Waals surface area contributed by atoms with Crippen molar-refractivity contribution in [1.82, 2.24) is 4.98 Å². The molecule has 4 nitrogen and oxygen atoms in total. The van der Waals surface area contributed by atoms with Crippen molar-refractivity contribution >= 4 is 11.5 Å². The topological polar surface area (TPSA) is 71.2 Å². The van der Waals surface area contributed by atoms with Crippen LogP contribution >= 0.6 is 0 Å². The van der Waals surface area contributed by atoms with E-state index in [1.807, 2.05) is 12.1 Å². The van der Waals surface area contributed by atoms with Crippen molar-refractivity contribution in [3.63, 3.8) is 0 Å². The van der Waals surface area contributed by atoms with Crippen LogP contribution < -0.4 is 11.1 Å². The third kappa shape index (κ3) is 3.33. The summed E-state index contributed by atoms with van der Waals surface area (Å²) in [6.45, 7) is 1.22. The van der Waals surface area contributed by atoms with Crippen LogP contribution in [0.2, 0.25) is 0 Å². The number of nitrogen functional groups attached to an aromatic ring is 1. The van der Waals surface area contributed by atoms with Crippen LogP contribution in [-0.2, 0) is 0 Å². The predicted octanol–water partition coefficient (Wildman–Crippen LogP) is 1.87. The number of nitrogens with zero attached hydrogens (tertiary/aromatic N) is 1. The number of hydrogen-bond acceptors (Lipinski definition) is 4. The molecule has 2 unspecified atom stereocenters. The van der Waals surface area contributed by atoms with Crippen LogP contribution in [0.3, 0.4) is 0 Å². The SMILES string of the molecule is Nc1cc(NCC2CCCCC2CO)ccn1. The second-order valence-corrected chi connectivity index (χ2v) is 4.84. The molecule has 0 saturated heterocycles. The zero-order valence-corrected chi connectivity index (χ0v) is 10.1. The number of pyridine rings is 1. The van der Waals surface area contributed by atoms with E-state index in [0.717, 1.165) is 18.7 Å². The van der Waals surface area contributed by atoms with Crippen molar-refractivity contribution < 1.29 is 5.11 Å². The monoisotopic (exact) mass is 235 g/mol. The zero-order chi connectivity index (χ0) is 12.1. The van der Waals surface area contributed by atoms with Gasteiger partial charge in [0.25, 0.3) is 0 Å². The maximum absolute atomic E-state index is 9.34. The Balaban J connectivity index is 1.88. The minimum Gasteiger partial charge on any atom is -0.396 e. The molecule has 0 radical (unpaired) electrons. The summed E-state index contributed by atoms with van der Waals surface area (Å²) in [6.07, 6.45) is 6.60. The molecular formula is C13H21N3O. The van der Waals surface area contributed by atoms with Crippen LogP contribution in [0.4, 0.5) is 11.5 Å². The molecule has 0 spiro atoms. The highest BCUT2D eigenvalue weighted by molar-refractivity contribution is 5.49. The Bertz CT molecular complexity index is 356. The Morgan fingerprint density at radius 1 is 1.35 bits per heavy atom. The number of aliphatic hydroxyl groups excluding tert-OH is 1. The molecule has 1 aliphatic carbocycles. The summed E-state index contributed by atoms with van der Waals surface area (Å²) in [6, 6.07) is 3.77. The van der Waals surface area contributed by atoms with Crippen LogP contribution in [0.15, 0.2) is 18.3 Å². The highest BCUT2D eigenvalue weighted by Crippen LogP contribution is 2.29. The highest BCUT2D eigenvalue weighted by Gasteiger charge is 2.23. The van der Waals surface area contributed by atoms with E-state index in [-0.39, 0.29) is 0 Å². The van der Waals surface area contributed by atoms with E-state index in [2.05, 4.69) is 10.3 Å². The smallest absolute Gasteiger partial charge is 0.125 e. The van der Waals surface area contributed by atoms with E-state index < -0.39 is 0 Å². The van der Waals surface area contributed by atoms with E-state index in [1.54, 1.807) is 6.20 Å². The lowest BCUT2D eigenvalue weighted by Crippen LogP contribution is -2.28. The van der Waals surface area contributed by atoms with Crippen molar-refractivity contribution in [2.45, 2.75) is 25.7 Å². The normalized spacial score (nSPS) is 24.5. The van der Waals surface area contributed by atoms with Gasteiger partial charge in [0, 0.05) is 31.1 Å². The number of nitrogens with two attached hydrogens (primary N) is 1. The fraction of sp³-hybridized carbons (Fsp3) is 0.615. The summed E-state index contributed by atoms with van der Waals surface area (Å²) in [7, 11) is 0. The molecule has 1 fully saturated rings. The van der Waals surface area contributed by atoms with Crippen LogP contribution in [0, 0.1) is 11.8 Å². The summed E-state index contributed by atoms with van der Waals surface area (Å²) < 4.78 is 0. The Morgan fingerprint density at radius 3 is 2.82 bits per heavy atom. The van der Waals surface area contributed by atoms with Gasteiger partial charge in [-0.15, -0.1) is 0 Å². The van der Waals surface area contributed by atoms with Crippen LogP contribution in [0.25, 0.3) is 0 Å². The van der Waals surface area contributed by atoms with Crippen molar-refractivity contribution in [2.75, 3.05) is 24.2 Å². The van der Waals surface area contributed by atoms with Gasteiger partial charge >= 0.3 is 0 Å². The fourth-order valence-electron chi connectivity index (χ4n) is 2.60. The van der Waals surface area contributed by atoms with Crippen molar-refractivity contribution in [3.8, 4) is 0 Å². The molecule has 0 amide bonds. The number of aliphatic hydroxyl groups is 1. The first-order chi connectivity index (χ1) is 8.29. The Morgan fingerprint density at radius 2 is 2.12 bits per heavy atom. The van der Waals surface area contributed by atoms with Crippen molar-refractivity contribution in [1.29, 1.82) is 0 Å². The quantitative estimate of drug-likeness (QED) is 0.745. The molecule has 0 aliphatic heterocycles. The van der Waals surface area contributed by atoms with Crippen molar-refractivity contribution in [2.24, 2.45) is 11.8 Å². The number of aromatic nitrogens is 1. The summed E-state index contributed by atoms with van der Waals surface area (Å²) in [5.74, 6) is 1.57. The second kappa shape index (κ2) is 5.87. The van der Waals surface area contributed by atoms with E-state index in [4.69, 9.17) is 5.73 Å².